The second-order valence-electron chi connectivity index (χ2n) is 7.10. The van der Waals surface area contributed by atoms with Crippen LogP contribution in [0.15, 0.2) is 0 Å². The molecule has 3 unspecified atom stereocenters. The summed E-state index contributed by atoms with van der Waals surface area (Å²) in [6.07, 6.45) is 7.90. The van der Waals surface area contributed by atoms with Crippen molar-refractivity contribution in [2.75, 3.05) is 19.7 Å². The predicted molar refractivity (Wildman–Crippen MR) is 80.2 cm³/mol. The number of ether oxygens (including phenoxy) is 1. The van der Waals surface area contributed by atoms with E-state index in [9.17, 15) is 0 Å². The molecule has 0 amide bonds. The number of nitrogens with zero attached hydrogens (tertiary/aromatic N) is 1. The van der Waals surface area contributed by atoms with Gasteiger partial charge < -0.3 is 10.5 Å². The fraction of sp³-hybridized carbons (Fsp3) is 1.00. The second kappa shape index (κ2) is 6.55. The third-order valence-electron chi connectivity index (χ3n) is 5.07. The number of hydrogen-bond donors (Lipinski definition) is 1. The number of likely N-dealkylation sites (tertiary alicyclic amines) is 1. The molecule has 0 aromatic rings. The van der Waals surface area contributed by atoms with E-state index in [1.54, 1.807) is 0 Å². The zero-order chi connectivity index (χ0) is 13.9. The minimum atomic E-state index is 0.292. The summed E-state index contributed by atoms with van der Waals surface area (Å²) in [5, 5.41) is 0. The molecular weight excluding hydrogens is 236 g/mol. The monoisotopic (exact) mass is 268 g/mol. The molecule has 1 aliphatic carbocycles. The molecule has 3 atom stereocenters. The van der Waals surface area contributed by atoms with Crippen LogP contribution in [-0.2, 0) is 4.74 Å². The minimum Gasteiger partial charge on any atom is -0.377 e. The first-order chi connectivity index (χ1) is 9.04. The lowest BCUT2D eigenvalue weighted by molar-refractivity contribution is -0.0312. The molecule has 1 saturated heterocycles. The van der Waals surface area contributed by atoms with Crippen LogP contribution in [0.5, 0.6) is 0 Å². The van der Waals surface area contributed by atoms with Crippen LogP contribution < -0.4 is 5.73 Å². The zero-order valence-electron chi connectivity index (χ0n) is 13.0. The van der Waals surface area contributed by atoms with Gasteiger partial charge in [-0.05, 0) is 44.1 Å². The predicted octanol–water partition coefficient (Wildman–Crippen LogP) is 2.78. The van der Waals surface area contributed by atoms with E-state index in [1.807, 2.05) is 0 Å². The van der Waals surface area contributed by atoms with E-state index < -0.39 is 0 Å². The largest absolute Gasteiger partial charge is 0.377 e. The molecule has 19 heavy (non-hydrogen) atoms. The van der Waals surface area contributed by atoms with Crippen LogP contribution in [0.4, 0.5) is 0 Å². The summed E-state index contributed by atoms with van der Waals surface area (Å²) in [6.45, 7) is 10.0. The van der Waals surface area contributed by atoms with E-state index in [4.69, 9.17) is 10.5 Å². The van der Waals surface area contributed by atoms with Gasteiger partial charge in [-0.15, -0.1) is 0 Å². The lowest BCUT2D eigenvalue weighted by Crippen LogP contribution is -2.59. The highest BCUT2D eigenvalue weighted by Gasteiger charge is 2.40. The Labute approximate surface area is 118 Å². The van der Waals surface area contributed by atoms with Crippen LogP contribution >= 0.6 is 0 Å². The lowest BCUT2D eigenvalue weighted by atomic mass is 9.70. The molecule has 1 heterocycles. The average molecular weight is 268 g/mol. The highest BCUT2D eigenvalue weighted by Crippen LogP contribution is 2.37. The van der Waals surface area contributed by atoms with Gasteiger partial charge in [-0.3, -0.25) is 4.90 Å². The van der Waals surface area contributed by atoms with Gasteiger partial charge >= 0.3 is 0 Å². The van der Waals surface area contributed by atoms with Crippen molar-refractivity contribution in [3.8, 4) is 0 Å². The summed E-state index contributed by atoms with van der Waals surface area (Å²) < 4.78 is 5.96. The summed E-state index contributed by atoms with van der Waals surface area (Å²) >= 11 is 0. The second-order valence-corrected chi connectivity index (χ2v) is 7.10. The van der Waals surface area contributed by atoms with Crippen molar-refractivity contribution in [3.63, 3.8) is 0 Å². The van der Waals surface area contributed by atoms with Crippen molar-refractivity contribution in [1.29, 1.82) is 0 Å². The summed E-state index contributed by atoms with van der Waals surface area (Å²) in [7, 11) is 0. The van der Waals surface area contributed by atoms with Crippen molar-refractivity contribution in [2.45, 2.75) is 77.5 Å². The minimum absolute atomic E-state index is 0.292. The standard InChI is InChI=1S/C16H32N2O/c1-4-11-19-13-7-6-10-18(12-13)14-8-5-9-16(2,3)15(14)17/h13-15H,4-12,17H2,1-3H3. The first-order valence-electron chi connectivity index (χ1n) is 8.16. The fourth-order valence-electron chi connectivity index (χ4n) is 3.73. The maximum Gasteiger partial charge on any atom is 0.0702 e. The highest BCUT2D eigenvalue weighted by molar-refractivity contribution is 4.97. The molecule has 0 spiro atoms. The van der Waals surface area contributed by atoms with Crippen molar-refractivity contribution in [3.05, 3.63) is 0 Å². The number of piperidine rings is 1. The Hall–Kier alpha value is -0.120. The Morgan fingerprint density at radius 1 is 1.26 bits per heavy atom. The van der Waals surface area contributed by atoms with Crippen LogP contribution in [0.3, 0.4) is 0 Å². The third kappa shape index (κ3) is 3.71. The fourth-order valence-corrected chi connectivity index (χ4v) is 3.73. The van der Waals surface area contributed by atoms with E-state index in [1.165, 1.54) is 38.6 Å². The SMILES string of the molecule is CCCOC1CCCN(C2CCCC(C)(C)C2N)C1. The van der Waals surface area contributed by atoms with Gasteiger partial charge in [-0.25, -0.2) is 0 Å². The molecule has 3 heteroatoms. The van der Waals surface area contributed by atoms with Crippen LogP contribution in [0.1, 0.15) is 59.3 Å². The highest BCUT2D eigenvalue weighted by atomic mass is 16.5. The van der Waals surface area contributed by atoms with E-state index >= 15 is 0 Å². The smallest absolute Gasteiger partial charge is 0.0702 e. The van der Waals surface area contributed by atoms with Gasteiger partial charge in [0.25, 0.3) is 0 Å². The number of nitrogens with two attached hydrogens (primary N) is 1. The molecule has 0 aromatic heterocycles. The topological polar surface area (TPSA) is 38.5 Å². The number of rotatable bonds is 4. The molecule has 112 valence electrons. The van der Waals surface area contributed by atoms with Gasteiger partial charge in [0.05, 0.1) is 6.10 Å². The summed E-state index contributed by atoms with van der Waals surface area (Å²) in [6, 6.07) is 0.878. The molecule has 0 radical (unpaired) electrons. The van der Waals surface area contributed by atoms with Gasteiger partial charge in [0.1, 0.15) is 0 Å². The first-order valence-corrected chi connectivity index (χ1v) is 8.16. The normalized spacial score (nSPS) is 36.3. The van der Waals surface area contributed by atoms with Crippen molar-refractivity contribution in [2.24, 2.45) is 11.1 Å². The van der Waals surface area contributed by atoms with Gasteiger partial charge in [-0.1, -0.05) is 27.2 Å². The Kier molecular flexibility index (Phi) is 5.27. The maximum atomic E-state index is 6.55. The molecule has 2 fully saturated rings. The molecule has 2 aliphatic rings. The third-order valence-corrected chi connectivity index (χ3v) is 5.07. The van der Waals surface area contributed by atoms with Gasteiger partial charge in [0.2, 0.25) is 0 Å². The average Bonchev–Trinajstić information content (AvgIpc) is 2.40. The molecule has 0 bridgehead atoms. The summed E-state index contributed by atoms with van der Waals surface area (Å²) in [4.78, 5) is 2.62. The molecule has 1 saturated carbocycles. The van der Waals surface area contributed by atoms with Crippen molar-refractivity contribution >= 4 is 0 Å². The van der Waals surface area contributed by atoms with Gasteiger partial charge in [0, 0.05) is 25.2 Å². The maximum absolute atomic E-state index is 6.55. The summed E-state index contributed by atoms with van der Waals surface area (Å²) in [5.41, 5.74) is 6.84. The van der Waals surface area contributed by atoms with Crippen LogP contribution in [0.2, 0.25) is 0 Å². The van der Waals surface area contributed by atoms with E-state index in [2.05, 4.69) is 25.7 Å². The lowest BCUT2D eigenvalue weighted by Gasteiger charge is -2.48. The van der Waals surface area contributed by atoms with Gasteiger partial charge in [-0.2, -0.15) is 0 Å². The quantitative estimate of drug-likeness (QED) is 0.852. The molecule has 0 aromatic carbocycles. The first kappa shape index (κ1) is 15.3. The Bertz CT molecular complexity index is 280. The molecular formula is C16H32N2O. The summed E-state index contributed by atoms with van der Waals surface area (Å²) in [5.74, 6) is 0. The zero-order valence-corrected chi connectivity index (χ0v) is 13.0. The van der Waals surface area contributed by atoms with Crippen LogP contribution in [0.25, 0.3) is 0 Å². The van der Waals surface area contributed by atoms with E-state index in [0.717, 1.165) is 19.6 Å². The van der Waals surface area contributed by atoms with Crippen molar-refractivity contribution in [1.82, 2.24) is 4.90 Å². The van der Waals surface area contributed by atoms with E-state index in [-0.39, 0.29) is 0 Å². The molecule has 2 rings (SSSR count). The van der Waals surface area contributed by atoms with E-state index in [0.29, 0.717) is 23.6 Å². The van der Waals surface area contributed by atoms with Crippen LogP contribution in [0, 0.1) is 5.41 Å². The Morgan fingerprint density at radius 3 is 2.79 bits per heavy atom. The molecule has 1 aliphatic heterocycles. The Morgan fingerprint density at radius 2 is 2.05 bits per heavy atom. The molecule has 3 nitrogen and oxygen atoms in total. The van der Waals surface area contributed by atoms with Crippen LogP contribution in [-0.4, -0.2) is 42.8 Å². The van der Waals surface area contributed by atoms with Crippen molar-refractivity contribution < 1.29 is 4.74 Å². The Balaban J connectivity index is 1.93. The van der Waals surface area contributed by atoms with Gasteiger partial charge in [0.15, 0.2) is 0 Å². The number of hydrogen-bond acceptors (Lipinski definition) is 3. The molecule has 2 N–H and O–H groups in total.